The molecule has 1 saturated heterocycles. The largest absolute Gasteiger partial charge is 0.395 e. The van der Waals surface area contributed by atoms with Gasteiger partial charge in [-0.2, -0.15) is 13.2 Å². The van der Waals surface area contributed by atoms with Crippen LogP contribution in [0.1, 0.15) is 0 Å². The summed E-state index contributed by atoms with van der Waals surface area (Å²) in [5.41, 5.74) is 0.0838. The van der Waals surface area contributed by atoms with Crippen LogP contribution in [-0.2, 0) is 11.3 Å². The first-order valence-electron chi connectivity index (χ1n) is 6.75. The number of fused-ring (bicyclic) bond motifs is 1. The van der Waals surface area contributed by atoms with E-state index in [2.05, 4.69) is 20.9 Å². The molecule has 122 valence electrons. The van der Waals surface area contributed by atoms with Crippen LogP contribution < -0.4 is 5.56 Å². The minimum absolute atomic E-state index is 0.321. The quantitative estimate of drug-likeness (QED) is 0.790. The Morgan fingerprint density at radius 3 is 2.70 bits per heavy atom. The number of halogens is 4. The van der Waals surface area contributed by atoms with Crippen molar-refractivity contribution in [2.24, 2.45) is 5.92 Å². The van der Waals surface area contributed by atoms with E-state index in [1.54, 1.807) is 18.2 Å². The third-order valence-electron chi connectivity index (χ3n) is 3.79. The third kappa shape index (κ3) is 3.10. The fraction of sp³-hybridized carbons (Fsp3) is 0.357. The summed E-state index contributed by atoms with van der Waals surface area (Å²) in [7, 11) is 0. The Hall–Kier alpha value is -1.90. The molecule has 0 spiro atoms. The lowest BCUT2D eigenvalue weighted by molar-refractivity contribution is -0.209. The van der Waals surface area contributed by atoms with E-state index in [0.717, 1.165) is 9.47 Å². The molecule has 0 saturated carbocycles. The van der Waals surface area contributed by atoms with Gasteiger partial charge in [0.05, 0.1) is 23.1 Å². The van der Waals surface area contributed by atoms with Gasteiger partial charge in [0.25, 0.3) is 5.56 Å². The summed E-state index contributed by atoms with van der Waals surface area (Å²) in [6.45, 7) is -1.04. The lowest BCUT2D eigenvalue weighted by Gasteiger charge is -2.40. The minimum atomic E-state index is -4.29. The van der Waals surface area contributed by atoms with Gasteiger partial charge in [-0.3, -0.25) is 14.2 Å². The molecule has 2 heterocycles. The highest BCUT2D eigenvalue weighted by Gasteiger charge is 2.48. The van der Waals surface area contributed by atoms with Gasteiger partial charge in [0.1, 0.15) is 6.54 Å². The molecule has 2 aromatic rings. The second-order valence-electron chi connectivity index (χ2n) is 5.38. The summed E-state index contributed by atoms with van der Waals surface area (Å²) in [6.07, 6.45) is -3.05. The molecule has 0 atom stereocenters. The first-order chi connectivity index (χ1) is 10.8. The van der Waals surface area contributed by atoms with Crippen molar-refractivity contribution in [1.29, 1.82) is 0 Å². The molecule has 3 rings (SSSR count). The van der Waals surface area contributed by atoms with Crippen molar-refractivity contribution in [1.82, 2.24) is 14.5 Å². The average molecular weight is 390 g/mol. The summed E-state index contributed by atoms with van der Waals surface area (Å²) in [5.74, 6) is -2.00. The van der Waals surface area contributed by atoms with Gasteiger partial charge >= 0.3 is 6.18 Å². The Morgan fingerprint density at radius 1 is 1.35 bits per heavy atom. The van der Waals surface area contributed by atoms with Crippen molar-refractivity contribution < 1.29 is 18.0 Å². The molecule has 1 aromatic carbocycles. The van der Waals surface area contributed by atoms with Crippen LogP contribution >= 0.6 is 15.9 Å². The number of benzene rings is 1. The smallest absolute Gasteiger partial charge is 0.340 e. The maximum absolute atomic E-state index is 12.4. The highest BCUT2D eigenvalue weighted by atomic mass is 79.9. The number of hydrogen-bond donors (Lipinski definition) is 0. The summed E-state index contributed by atoms with van der Waals surface area (Å²) >= 11 is 3.25. The molecule has 1 amide bonds. The lowest BCUT2D eigenvalue weighted by Crippen LogP contribution is -2.56. The third-order valence-corrected chi connectivity index (χ3v) is 4.28. The van der Waals surface area contributed by atoms with Crippen LogP contribution in [0.3, 0.4) is 0 Å². The van der Waals surface area contributed by atoms with Crippen molar-refractivity contribution in [2.45, 2.75) is 12.7 Å². The van der Waals surface area contributed by atoms with Gasteiger partial charge in [0, 0.05) is 17.6 Å². The Balaban J connectivity index is 1.76. The maximum atomic E-state index is 12.4. The highest BCUT2D eigenvalue weighted by Crippen LogP contribution is 2.33. The number of amides is 1. The zero-order chi connectivity index (χ0) is 16.8. The van der Waals surface area contributed by atoms with E-state index in [4.69, 9.17) is 0 Å². The van der Waals surface area contributed by atoms with Gasteiger partial charge in [0.2, 0.25) is 5.91 Å². The second-order valence-corrected chi connectivity index (χ2v) is 6.29. The molecule has 1 aliphatic heterocycles. The molecule has 1 aliphatic rings. The standard InChI is InChI=1S/C14H11BrF3N3O2/c15-9-1-2-11-10(3-9)13(23)21(7-19-11)6-12(22)20-4-8(5-20)14(16,17)18/h1-3,7-8H,4-6H2. The molecule has 1 fully saturated rings. The lowest BCUT2D eigenvalue weighted by atomic mass is 10.00. The van der Waals surface area contributed by atoms with Crippen molar-refractivity contribution in [3.05, 3.63) is 39.4 Å². The Labute approximate surface area is 136 Å². The molecule has 0 bridgehead atoms. The summed E-state index contributed by atoms with van der Waals surface area (Å²) in [4.78, 5) is 29.5. The van der Waals surface area contributed by atoms with Gasteiger partial charge in [-0.15, -0.1) is 0 Å². The maximum Gasteiger partial charge on any atom is 0.395 e. The molecule has 5 nitrogen and oxygen atoms in total. The van der Waals surface area contributed by atoms with Crippen molar-refractivity contribution in [2.75, 3.05) is 13.1 Å². The molecule has 9 heteroatoms. The number of alkyl halides is 3. The van der Waals surface area contributed by atoms with Gasteiger partial charge < -0.3 is 4.90 Å². The van der Waals surface area contributed by atoms with Crippen molar-refractivity contribution in [3.8, 4) is 0 Å². The number of aromatic nitrogens is 2. The van der Waals surface area contributed by atoms with Gasteiger partial charge in [0.15, 0.2) is 0 Å². The van der Waals surface area contributed by atoms with E-state index in [1.807, 2.05) is 0 Å². The first kappa shape index (κ1) is 16.0. The summed E-state index contributed by atoms with van der Waals surface area (Å²) < 4.78 is 39.1. The van der Waals surface area contributed by atoms with Crippen LogP contribution in [0.15, 0.2) is 33.8 Å². The number of likely N-dealkylation sites (tertiary alicyclic amines) is 1. The van der Waals surface area contributed by atoms with Gasteiger partial charge in [-0.25, -0.2) is 4.98 Å². The van der Waals surface area contributed by atoms with E-state index >= 15 is 0 Å². The van der Waals surface area contributed by atoms with E-state index in [9.17, 15) is 22.8 Å². The summed E-state index contributed by atoms with van der Waals surface area (Å²) in [6, 6.07) is 4.99. The fourth-order valence-corrected chi connectivity index (χ4v) is 2.74. The number of carbonyl (C=O) groups excluding carboxylic acids is 1. The van der Waals surface area contributed by atoms with E-state index in [1.165, 1.54) is 6.33 Å². The molecule has 0 unspecified atom stereocenters. The van der Waals surface area contributed by atoms with E-state index in [-0.39, 0.29) is 19.6 Å². The van der Waals surface area contributed by atoms with Crippen molar-refractivity contribution in [3.63, 3.8) is 0 Å². The molecule has 0 radical (unpaired) electrons. The van der Waals surface area contributed by atoms with E-state index in [0.29, 0.717) is 15.4 Å². The molecule has 0 aliphatic carbocycles. The Morgan fingerprint density at radius 2 is 2.04 bits per heavy atom. The Bertz CT molecular complexity index is 828. The monoisotopic (exact) mass is 389 g/mol. The topological polar surface area (TPSA) is 55.2 Å². The molecular formula is C14H11BrF3N3O2. The van der Waals surface area contributed by atoms with E-state index < -0.39 is 23.6 Å². The highest BCUT2D eigenvalue weighted by molar-refractivity contribution is 9.10. The average Bonchev–Trinajstić information content (AvgIpc) is 2.39. The van der Waals surface area contributed by atoms with Gasteiger partial charge in [-0.1, -0.05) is 15.9 Å². The van der Waals surface area contributed by atoms with Crippen LogP contribution in [0, 0.1) is 5.92 Å². The van der Waals surface area contributed by atoms with Crippen LogP contribution in [0.25, 0.3) is 10.9 Å². The second kappa shape index (κ2) is 5.63. The predicted molar refractivity (Wildman–Crippen MR) is 79.8 cm³/mol. The van der Waals surface area contributed by atoms with Crippen LogP contribution in [0.2, 0.25) is 0 Å². The van der Waals surface area contributed by atoms with Gasteiger partial charge in [-0.05, 0) is 18.2 Å². The molecular weight excluding hydrogens is 379 g/mol. The fourth-order valence-electron chi connectivity index (χ4n) is 2.38. The number of carbonyl (C=O) groups is 1. The predicted octanol–water partition coefficient (Wildman–Crippen LogP) is 2.18. The SMILES string of the molecule is O=C(Cn1cnc2ccc(Br)cc2c1=O)N1CC(C(F)(F)F)C1. The minimum Gasteiger partial charge on any atom is -0.340 e. The molecule has 0 N–H and O–H groups in total. The Kier molecular flexibility index (Phi) is 3.91. The molecule has 1 aromatic heterocycles. The normalized spacial score (nSPS) is 15.7. The van der Waals surface area contributed by atoms with Crippen molar-refractivity contribution >= 4 is 32.7 Å². The van der Waals surface area contributed by atoms with Crippen LogP contribution in [-0.4, -0.2) is 39.6 Å². The van der Waals surface area contributed by atoms with Crippen LogP contribution in [0.4, 0.5) is 13.2 Å². The zero-order valence-electron chi connectivity index (χ0n) is 11.7. The summed E-state index contributed by atoms with van der Waals surface area (Å²) in [5, 5.41) is 0.339. The zero-order valence-corrected chi connectivity index (χ0v) is 13.3. The molecule has 23 heavy (non-hydrogen) atoms. The number of nitrogens with zero attached hydrogens (tertiary/aromatic N) is 3. The first-order valence-corrected chi connectivity index (χ1v) is 7.54. The number of hydrogen-bond acceptors (Lipinski definition) is 3. The van der Waals surface area contributed by atoms with Crippen LogP contribution in [0.5, 0.6) is 0 Å². The number of rotatable bonds is 2.